The molecule has 1 N–H and O–H groups in total. The van der Waals surface area contributed by atoms with Crippen LogP contribution in [0, 0.1) is 0 Å². The summed E-state index contributed by atoms with van der Waals surface area (Å²) in [6.45, 7) is 8.16. The minimum Gasteiger partial charge on any atom is -0.355 e. The topological polar surface area (TPSA) is 93.0 Å². The smallest absolute Gasteiger partial charge is 0.230 e. The molecule has 23 heavy (non-hydrogen) atoms. The minimum atomic E-state index is -0.218. The number of amides is 2. The normalized spacial score (nSPS) is 15.3. The van der Waals surface area contributed by atoms with Gasteiger partial charge in [-0.2, -0.15) is 0 Å². The lowest BCUT2D eigenvalue weighted by Gasteiger charge is -2.19. The first-order chi connectivity index (χ1) is 10.9. The monoisotopic (exact) mass is 340 g/mol. The van der Waals surface area contributed by atoms with E-state index in [1.54, 1.807) is 4.68 Å². The molecule has 2 rings (SSSR count). The number of likely N-dealkylation sites (tertiary alicyclic amines) is 1. The third-order valence-electron chi connectivity index (χ3n) is 3.51. The molecule has 1 aliphatic rings. The van der Waals surface area contributed by atoms with E-state index in [1.807, 2.05) is 25.7 Å². The highest BCUT2D eigenvalue weighted by atomic mass is 32.2. The molecule has 0 aliphatic carbocycles. The van der Waals surface area contributed by atoms with Crippen molar-refractivity contribution in [3.8, 4) is 0 Å². The van der Waals surface area contributed by atoms with E-state index in [4.69, 9.17) is 0 Å². The van der Waals surface area contributed by atoms with Crippen molar-refractivity contribution in [2.75, 3.05) is 25.4 Å². The van der Waals surface area contributed by atoms with Gasteiger partial charge in [-0.3, -0.25) is 9.59 Å². The lowest BCUT2D eigenvalue weighted by atomic mass is 10.1. The summed E-state index contributed by atoms with van der Waals surface area (Å²) in [6.07, 6.45) is 2.39. The third kappa shape index (κ3) is 5.19. The molecule has 8 nitrogen and oxygen atoms in total. The third-order valence-corrected chi connectivity index (χ3v) is 4.43. The average molecular weight is 340 g/mol. The molecule has 128 valence electrons. The van der Waals surface area contributed by atoms with Gasteiger partial charge in [0, 0.05) is 26.1 Å². The molecule has 0 aromatic carbocycles. The van der Waals surface area contributed by atoms with Crippen LogP contribution in [-0.4, -0.2) is 62.3 Å². The van der Waals surface area contributed by atoms with Gasteiger partial charge in [-0.05, 0) is 44.0 Å². The van der Waals surface area contributed by atoms with Crippen LogP contribution in [0.25, 0.3) is 0 Å². The number of rotatable bonds is 7. The summed E-state index contributed by atoms with van der Waals surface area (Å²) in [5, 5.41) is 15.1. The summed E-state index contributed by atoms with van der Waals surface area (Å²) in [5.41, 5.74) is -0.218. The highest BCUT2D eigenvalue weighted by Gasteiger charge is 2.21. The first kappa shape index (κ1) is 17.7. The van der Waals surface area contributed by atoms with E-state index in [2.05, 4.69) is 20.8 Å². The van der Waals surface area contributed by atoms with Crippen LogP contribution in [-0.2, 0) is 15.1 Å². The molecule has 0 unspecified atom stereocenters. The van der Waals surface area contributed by atoms with Crippen molar-refractivity contribution >= 4 is 23.6 Å². The quantitative estimate of drug-likeness (QED) is 0.579. The maximum atomic E-state index is 11.9. The molecule has 1 fully saturated rings. The number of hydrogen-bond acceptors (Lipinski definition) is 6. The summed E-state index contributed by atoms with van der Waals surface area (Å²) < 4.78 is 1.71. The zero-order valence-electron chi connectivity index (χ0n) is 13.9. The van der Waals surface area contributed by atoms with Crippen molar-refractivity contribution < 1.29 is 9.59 Å². The number of carbonyl (C=O) groups excluding carboxylic acids is 2. The summed E-state index contributed by atoms with van der Waals surface area (Å²) in [5.74, 6) is 0.450. The van der Waals surface area contributed by atoms with Crippen LogP contribution in [0.4, 0.5) is 0 Å². The summed E-state index contributed by atoms with van der Waals surface area (Å²) in [7, 11) is 0. The fourth-order valence-electron chi connectivity index (χ4n) is 2.31. The van der Waals surface area contributed by atoms with Crippen LogP contribution < -0.4 is 5.32 Å². The lowest BCUT2D eigenvalue weighted by molar-refractivity contribution is -0.127. The fourth-order valence-corrected chi connectivity index (χ4v) is 3.20. The van der Waals surface area contributed by atoms with Crippen molar-refractivity contribution in [1.29, 1.82) is 0 Å². The zero-order chi connectivity index (χ0) is 16.9. The molecule has 2 amide bonds. The van der Waals surface area contributed by atoms with Crippen LogP contribution in [0.1, 0.15) is 40.0 Å². The summed E-state index contributed by atoms with van der Waals surface area (Å²) in [6, 6.07) is 0. The first-order valence-electron chi connectivity index (χ1n) is 7.84. The zero-order valence-corrected chi connectivity index (χ0v) is 14.7. The predicted octanol–water partition coefficient (Wildman–Crippen LogP) is 0.649. The van der Waals surface area contributed by atoms with E-state index in [1.165, 1.54) is 11.8 Å². The van der Waals surface area contributed by atoms with Crippen molar-refractivity contribution in [3.05, 3.63) is 0 Å². The Bertz CT molecular complexity index is 554. The van der Waals surface area contributed by atoms with E-state index in [9.17, 15) is 9.59 Å². The number of carbonyl (C=O) groups is 2. The molecule has 2 heterocycles. The SMILES string of the molecule is CC(C)(C)n1nnnc1SCC(=O)NCCCN1CCCC1=O. The van der Waals surface area contributed by atoms with E-state index in [0.717, 1.165) is 19.4 Å². The van der Waals surface area contributed by atoms with Crippen molar-refractivity contribution in [3.63, 3.8) is 0 Å². The maximum absolute atomic E-state index is 11.9. The molecule has 0 atom stereocenters. The molecule has 1 saturated heterocycles. The van der Waals surface area contributed by atoms with Crippen LogP contribution in [0.5, 0.6) is 0 Å². The van der Waals surface area contributed by atoms with E-state index in [-0.39, 0.29) is 23.1 Å². The summed E-state index contributed by atoms with van der Waals surface area (Å²) in [4.78, 5) is 25.2. The fraction of sp³-hybridized carbons (Fsp3) is 0.786. The largest absolute Gasteiger partial charge is 0.355 e. The van der Waals surface area contributed by atoms with Gasteiger partial charge in [-0.1, -0.05) is 11.8 Å². The van der Waals surface area contributed by atoms with Gasteiger partial charge >= 0.3 is 0 Å². The number of tetrazole rings is 1. The van der Waals surface area contributed by atoms with Gasteiger partial charge in [-0.25, -0.2) is 4.68 Å². The summed E-state index contributed by atoms with van der Waals surface area (Å²) >= 11 is 1.32. The van der Waals surface area contributed by atoms with Gasteiger partial charge in [0.2, 0.25) is 17.0 Å². The first-order valence-corrected chi connectivity index (χ1v) is 8.82. The average Bonchev–Trinajstić information content (AvgIpc) is 3.10. The van der Waals surface area contributed by atoms with Gasteiger partial charge in [-0.15, -0.1) is 5.10 Å². The Morgan fingerprint density at radius 3 is 2.83 bits per heavy atom. The second kappa shape index (κ2) is 7.76. The molecule has 0 saturated carbocycles. The molecule has 1 aromatic rings. The second-order valence-corrected chi connectivity index (χ2v) is 7.46. The van der Waals surface area contributed by atoms with Gasteiger partial charge in [0.25, 0.3) is 0 Å². The van der Waals surface area contributed by atoms with E-state index >= 15 is 0 Å². The Morgan fingerprint density at radius 2 is 2.17 bits per heavy atom. The van der Waals surface area contributed by atoms with Crippen LogP contribution in [0.2, 0.25) is 0 Å². The highest BCUT2D eigenvalue weighted by Crippen LogP contribution is 2.20. The number of hydrogen-bond donors (Lipinski definition) is 1. The Morgan fingerprint density at radius 1 is 1.39 bits per heavy atom. The Hall–Kier alpha value is -1.64. The molecule has 0 spiro atoms. The van der Waals surface area contributed by atoms with Gasteiger partial charge in [0.05, 0.1) is 11.3 Å². The molecule has 0 bridgehead atoms. The Balaban J connectivity index is 1.66. The standard InChI is InChI=1S/C14H24N6O2S/c1-14(2,3)20-13(16-17-18-20)23-10-11(21)15-7-5-9-19-8-4-6-12(19)22/h4-10H2,1-3H3,(H,15,21). The van der Waals surface area contributed by atoms with Crippen LogP contribution in [0.15, 0.2) is 5.16 Å². The molecule has 1 aromatic heterocycles. The van der Waals surface area contributed by atoms with Crippen molar-refractivity contribution in [1.82, 2.24) is 30.4 Å². The number of thioether (sulfide) groups is 1. The van der Waals surface area contributed by atoms with E-state index < -0.39 is 0 Å². The molecule has 0 radical (unpaired) electrons. The van der Waals surface area contributed by atoms with Gasteiger partial charge in [0.15, 0.2) is 0 Å². The number of nitrogens with one attached hydrogen (secondary N) is 1. The number of nitrogens with zero attached hydrogens (tertiary/aromatic N) is 5. The van der Waals surface area contributed by atoms with Crippen LogP contribution >= 0.6 is 11.8 Å². The lowest BCUT2D eigenvalue weighted by Crippen LogP contribution is -2.31. The Labute approximate surface area is 140 Å². The van der Waals surface area contributed by atoms with Crippen LogP contribution in [0.3, 0.4) is 0 Å². The maximum Gasteiger partial charge on any atom is 0.230 e. The van der Waals surface area contributed by atoms with Crippen molar-refractivity contribution in [2.45, 2.75) is 50.7 Å². The van der Waals surface area contributed by atoms with E-state index in [0.29, 0.717) is 24.7 Å². The predicted molar refractivity (Wildman–Crippen MR) is 87.0 cm³/mol. The molecule has 9 heteroatoms. The minimum absolute atomic E-state index is 0.0498. The van der Waals surface area contributed by atoms with Gasteiger partial charge < -0.3 is 10.2 Å². The molecule has 1 aliphatic heterocycles. The van der Waals surface area contributed by atoms with Crippen molar-refractivity contribution in [2.24, 2.45) is 0 Å². The molecular formula is C14H24N6O2S. The number of aromatic nitrogens is 4. The van der Waals surface area contributed by atoms with Gasteiger partial charge in [0.1, 0.15) is 0 Å². The Kier molecular flexibility index (Phi) is 5.97. The highest BCUT2D eigenvalue weighted by molar-refractivity contribution is 7.99. The molecular weight excluding hydrogens is 316 g/mol. The second-order valence-electron chi connectivity index (χ2n) is 6.52.